The normalized spacial score (nSPS) is 15.0. The average molecular weight is 272 g/mol. The minimum atomic E-state index is -0.175. The Bertz CT molecular complexity index is 472. The molecule has 2 N–H and O–H groups in total. The molecule has 1 fully saturated rings. The molecule has 2 rings (SSSR count). The Hall–Kier alpha value is -1.77. The van der Waals surface area contributed by atoms with Crippen molar-refractivity contribution in [3.05, 3.63) is 41.6 Å². The lowest BCUT2D eigenvalue weighted by Crippen LogP contribution is -2.24. The Kier molecular flexibility index (Phi) is 5.22. The van der Waals surface area contributed by atoms with Crippen LogP contribution >= 0.6 is 0 Å². The maximum Gasteiger partial charge on any atom is 0.323 e. The molecule has 0 unspecified atom stereocenters. The molecule has 3 nitrogen and oxygen atoms in total. The molecule has 0 saturated heterocycles. The van der Waals surface area contributed by atoms with Gasteiger partial charge in [-0.25, -0.2) is 4.79 Å². The SMILES string of the molecule is CCCCc1ccc(NC(=O)N/C=C(\C)C2CC2)cc1. The van der Waals surface area contributed by atoms with Crippen molar-refractivity contribution < 1.29 is 4.79 Å². The van der Waals surface area contributed by atoms with Gasteiger partial charge >= 0.3 is 6.03 Å². The molecule has 1 aliphatic carbocycles. The minimum absolute atomic E-state index is 0.175. The fourth-order valence-electron chi connectivity index (χ4n) is 2.14. The van der Waals surface area contributed by atoms with E-state index in [1.165, 1.54) is 36.8 Å². The molecule has 0 radical (unpaired) electrons. The molecular weight excluding hydrogens is 248 g/mol. The van der Waals surface area contributed by atoms with Crippen LogP contribution in [0, 0.1) is 5.92 Å². The van der Waals surface area contributed by atoms with E-state index in [9.17, 15) is 4.79 Å². The van der Waals surface area contributed by atoms with Crippen LogP contribution in [0.4, 0.5) is 10.5 Å². The van der Waals surface area contributed by atoms with Crippen LogP contribution in [0.2, 0.25) is 0 Å². The maximum absolute atomic E-state index is 11.8. The second-order valence-corrected chi connectivity index (χ2v) is 5.56. The monoisotopic (exact) mass is 272 g/mol. The standard InChI is InChI=1S/C17H24N2O/c1-3-4-5-14-6-10-16(11-7-14)19-17(20)18-12-13(2)15-8-9-15/h6-7,10-12,15H,3-5,8-9H2,1-2H3,(H2,18,19,20)/b13-12+. The van der Waals surface area contributed by atoms with Gasteiger partial charge in [-0.3, -0.25) is 0 Å². The van der Waals surface area contributed by atoms with Crippen LogP contribution in [0.25, 0.3) is 0 Å². The summed E-state index contributed by atoms with van der Waals surface area (Å²) in [6, 6.07) is 7.91. The molecule has 0 bridgehead atoms. The maximum atomic E-state index is 11.8. The molecule has 0 heterocycles. The largest absolute Gasteiger partial charge is 0.323 e. The van der Waals surface area contributed by atoms with Gasteiger partial charge in [0, 0.05) is 11.9 Å². The Morgan fingerprint density at radius 2 is 2.00 bits per heavy atom. The first-order chi connectivity index (χ1) is 9.69. The second-order valence-electron chi connectivity index (χ2n) is 5.56. The first-order valence-corrected chi connectivity index (χ1v) is 7.52. The molecule has 20 heavy (non-hydrogen) atoms. The van der Waals surface area contributed by atoms with Gasteiger partial charge in [0.05, 0.1) is 0 Å². The number of unbranched alkanes of at least 4 members (excludes halogenated alkanes) is 1. The van der Waals surface area contributed by atoms with Crippen LogP contribution in [-0.2, 0) is 6.42 Å². The predicted molar refractivity (Wildman–Crippen MR) is 83.7 cm³/mol. The number of rotatable bonds is 6. The van der Waals surface area contributed by atoms with E-state index in [2.05, 4.69) is 36.6 Å². The van der Waals surface area contributed by atoms with Gasteiger partial charge < -0.3 is 10.6 Å². The van der Waals surface area contributed by atoms with Crippen molar-refractivity contribution in [2.45, 2.75) is 46.0 Å². The van der Waals surface area contributed by atoms with Crippen LogP contribution < -0.4 is 10.6 Å². The number of hydrogen-bond acceptors (Lipinski definition) is 1. The Labute approximate surface area is 121 Å². The zero-order valence-electron chi connectivity index (χ0n) is 12.4. The smallest absolute Gasteiger partial charge is 0.314 e. The number of carbonyl (C=O) groups is 1. The van der Waals surface area contributed by atoms with Gasteiger partial charge in [0.2, 0.25) is 0 Å². The summed E-state index contributed by atoms with van der Waals surface area (Å²) < 4.78 is 0. The Morgan fingerprint density at radius 3 is 2.60 bits per heavy atom. The van der Waals surface area contributed by atoms with Crippen LogP contribution in [0.3, 0.4) is 0 Å². The molecular formula is C17H24N2O. The summed E-state index contributed by atoms with van der Waals surface area (Å²) in [5, 5.41) is 5.63. The van der Waals surface area contributed by atoms with Gasteiger partial charge in [-0.1, -0.05) is 31.1 Å². The van der Waals surface area contributed by atoms with Crippen LogP contribution in [-0.4, -0.2) is 6.03 Å². The van der Waals surface area contributed by atoms with Crippen LogP contribution in [0.1, 0.15) is 45.1 Å². The van der Waals surface area contributed by atoms with Crippen molar-refractivity contribution in [1.29, 1.82) is 0 Å². The van der Waals surface area contributed by atoms with E-state index in [0.29, 0.717) is 5.92 Å². The number of benzene rings is 1. The van der Waals surface area contributed by atoms with E-state index in [-0.39, 0.29) is 6.03 Å². The Morgan fingerprint density at radius 1 is 1.30 bits per heavy atom. The highest BCUT2D eigenvalue weighted by Crippen LogP contribution is 2.35. The fraction of sp³-hybridized carbons (Fsp3) is 0.471. The number of carbonyl (C=O) groups excluding carboxylic acids is 1. The van der Waals surface area contributed by atoms with Gasteiger partial charge in [-0.15, -0.1) is 0 Å². The number of aryl methyl sites for hydroxylation is 1. The quantitative estimate of drug-likeness (QED) is 0.788. The highest BCUT2D eigenvalue weighted by Gasteiger charge is 2.22. The summed E-state index contributed by atoms with van der Waals surface area (Å²) in [4.78, 5) is 11.8. The summed E-state index contributed by atoms with van der Waals surface area (Å²) in [6.45, 7) is 4.26. The van der Waals surface area contributed by atoms with E-state index >= 15 is 0 Å². The molecule has 0 aromatic heterocycles. The van der Waals surface area contributed by atoms with Gasteiger partial charge in [0.15, 0.2) is 0 Å². The fourth-order valence-corrected chi connectivity index (χ4v) is 2.14. The van der Waals surface area contributed by atoms with E-state index in [1.54, 1.807) is 0 Å². The number of anilines is 1. The highest BCUT2D eigenvalue weighted by atomic mass is 16.2. The lowest BCUT2D eigenvalue weighted by molar-refractivity contribution is 0.255. The molecule has 1 aromatic carbocycles. The first kappa shape index (κ1) is 14.6. The summed E-state index contributed by atoms with van der Waals surface area (Å²) >= 11 is 0. The molecule has 0 atom stereocenters. The third-order valence-electron chi connectivity index (χ3n) is 3.68. The zero-order chi connectivity index (χ0) is 14.4. The lowest BCUT2D eigenvalue weighted by atomic mass is 10.1. The number of amides is 2. The number of urea groups is 1. The number of hydrogen-bond donors (Lipinski definition) is 2. The summed E-state index contributed by atoms with van der Waals surface area (Å²) in [7, 11) is 0. The molecule has 2 amide bonds. The summed E-state index contributed by atoms with van der Waals surface area (Å²) in [5.41, 5.74) is 3.41. The Balaban J connectivity index is 1.79. The molecule has 0 aliphatic heterocycles. The summed E-state index contributed by atoms with van der Waals surface area (Å²) in [6.07, 6.45) is 7.85. The van der Waals surface area contributed by atoms with Crippen molar-refractivity contribution in [3.63, 3.8) is 0 Å². The van der Waals surface area contributed by atoms with E-state index in [1.807, 2.05) is 18.3 Å². The number of allylic oxidation sites excluding steroid dienone is 1. The van der Waals surface area contributed by atoms with E-state index in [0.717, 1.165) is 12.1 Å². The van der Waals surface area contributed by atoms with Crippen LogP contribution in [0.15, 0.2) is 36.0 Å². The number of nitrogens with one attached hydrogen (secondary N) is 2. The molecule has 1 saturated carbocycles. The van der Waals surface area contributed by atoms with Gasteiger partial charge in [-0.05, 0) is 56.2 Å². The van der Waals surface area contributed by atoms with Crippen molar-refractivity contribution in [2.24, 2.45) is 5.92 Å². The molecule has 3 heteroatoms. The van der Waals surface area contributed by atoms with Gasteiger partial charge in [0.1, 0.15) is 0 Å². The highest BCUT2D eigenvalue weighted by molar-refractivity contribution is 5.89. The van der Waals surface area contributed by atoms with Crippen molar-refractivity contribution in [1.82, 2.24) is 5.32 Å². The molecule has 0 spiro atoms. The van der Waals surface area contributed by atoms with Crippen molar-refractivity contribution in [2.75, 3.05) is 5.32 Å². The van der Waals surface area contributed by atoms with Crippen LogP contribution in [0.5, 0.6) is 0 Å². The lowest BCUT2D eigenvalue weighted by Gasteiger charge is -2.07. The first-order valence-electron chi connectivity index (χ1n) is 7.52. The summed E-state index contributed by atoms with van der Waals surface area (Å²) in [5.74, 6) is 0.688. The van der Waals surface area contributed by atoms with E-state index in [4.69, 9.17) is 0 Å². The average Bonchev–Trinajstić information content (AvgIpc) is 3.28. The van der Waals surface area contributed by atoms with E-state index < -0.39 is 0 Å². The second kappa shape index (κ2) is 7.13. The van der Waals surface area contributed by atoms with Crippen molar-refractivity contribution >= 4 is 11.7 Å². The minimum Gasteiger partial charge on any atom is -0.314 e. The third kappa shape index (κ3) is 4.72. The van der Waals surface area contributed by atoms with Crippen molar-refractivity contribution in [3.8, 4) is 0 Å². The topological polar surface area (TPSA) is 41.1 Å². The third-order valence-corrected chi connectivity index (χ3v) is 3.68. The predicted octanol–water partition coefficient (Wildman–Crippen LogP) is 4.46. The van der Waals surface area contributed by atoms with Gasteiger partial charge in [0.25, 0.3) is 0 Å². The molecule has 1 aliphatic rings. The molecule has 1 aromatic rings. The molecule has 108 valence electrons. The van der Waals surface area contributed by atoms with Gasteiger partial charge in [-0.2, -0.15) is 0 Å². The zero-order valence-corrected chi connectivity index (χ0v) is 12.4.